The first-order valence-electron chi connectivity index (χ1n) is 4.63. The fraction of sp³-hybridized carbons (Fsp3) is 0.455. The summed E-state index contributed by atoms with van der Waals surface area (Å²) in [5.41, 5.74) is 1.18. The molecule has 1 heterocycles. The second-order valence-electron chi connectivity index (χ2n) is 3.49. The van der Waals surface area contributed by atoms with Crippen LogP contribution >= 0.6 is 11.6 Å². The van der Waals surface area contributed by atoms with Crippen LogP contribution in [0.3, 0.4) is 0 Å². The predicted molar refractivity (Wildman–Crippen MR) is 54.0 cm³/mol. The number of halogens is 1. The Kier molecular flexibility index (Phi) is 2.56. The van der Waals surface area contributed by atoms with Crippen molar-refractivity contribution in [3.63, 3.8) is 0 Å². The first kappa shape index (κ1) is 9.04. The van der Waals surface area contributed by atoms with Gasteiger partial charge in [0, 0.05) is 6.61 Å². The average molecular weight is 197 g/mol. The highest BCUT2D eigenvalue weighted by Gasteiger charge is 2.31. The van der Waals surface area contributed by atoms with Crippen molar-refractivity contribution in [3.05, 3.63) is 35.9 Å². The Balaban J connectivity index is 2.23. The summed E-state index contributed by atoms with van der Waals surface area (Å²) in [4.78, 5) is -0.278. The minimum absolute atomic E-state index is 0.278. The van der Waals surface area contributed by atoms with Crippen molar-refractivity contribution in [2.45, 2.75) is 17.7 Å². The fourth-order valence-corrected chi connectivity index (χ4v) is 2.06. The van der Waals surface area contributed by atoms with Gasteiger partial charge in [0.1, 0.15) is 0 Å². The summed E-state index contributed by atoms with van der Waals surface area (Å²) in [6.07, 6.45) is 2.07. The molecule has 0 bridgehead atoms. The average Bonchev–Trinajstić information content (AvgIpc) is 2.20. The summed E-state index contributed by atoms with van der Waals surface area (Å²) >= 11 is 6.48. The summed E-state index contributed by atoms with van der Waals surface area (Å²) in [6, 6.07) is 10.2. The summed E-state index contributed by atoms with van der Waals surface area (Å²) in [7, 11) is 0. The van der Waals surface area contributed by atoms with Crippen molar-refractivity contribution in [3.8, 4) is 0 Å². The molecule has 1 atom stereocenters. The molecule has 2 heteroatoms. The largest absolute Gasteiger partial charge is 0.379 e. The number of alkyl halides is 1. The molecule has 1 fully saturated rings. The molecule has 1 aliphatic rings. The molecule has 0 N–H and O–H groups in total. The lowest BCUT2D eigenvalue weighted by Crippen LogP contribution is -2.30. The summed E-state index contributed by atoms with van der Waals surface area (Å²) in [6.45, 7) is 1.49. The van der Waals surface area contributed by atoms with Crippen molar-refractivity contribution in [1.82, 2.24) is 0 Å². The predicted octanol–water partition coefficient (Wildman–Crippen LogP) is 2.93. The van der Waals surface area contributed by atoms with Crippen LogP contribution in [-0.2, 0) is 9.61 Å². The van der Waals surface area contributed by atoms with Crippen LogP contribution in [0.4, 0.5) is 0 Å². The third-order valence-electron chi connectivity index (χ3n) is 2.48. The normalized spacial score (nSPS) is 28.7. The van der Waals surface area contributed by atoms with Crippen LogP contribution in [0.15, 0.2) is 30.3 Å². The van der Waals surface area contributed by atoms with E-state index >= 15 is 0 Å². The maximum atomic E-state index is 6.48. The first-order valence-corrected chi connectivity index (χ1v) is 5.01. The van der Waals surface area contributed by atoms with Crippen molar-refractivity contribution >= 4 is 11.6 Å². The second-order valence-corrected chi connectivity index (χ2v) is 4.21. The van der Waals surface area contributed by atoms with Gasteiger partial charge in [0.05, 0.1) is 11.5 Å². The Morgan fingerprint density at radius 3 is 2.62 bits per heavy atom. The zero-order valence-electron chi connectivity index (χ0n) is 7.50. The van der Waals surface area contributed by atoms with Gasteiger partial charge in [-0.25, -0.2) is 0 Å². The molecule has 0 saturated carbocycles. The van der Waals surface area contributed by atoms with E-state index in [1.54, 1.807) is 0 Å². The van der Waals surface area contributed by atoms with E-state index in [1.165, 1.54) is 5.56 Å². The lowest BCUT2D eigenvalue weighted by molar-refractivity contribution is 0.0660. The zero-order chi connectivity index (χ0) is 9.15. The molecule has 13 heavy (non-hydrogen) atoms. The summed E-state index contributed by atoms with van der Waals surface area (Å²) in [5.74, 6) is 0. The fourth-order valence-electron chi connectivity index (χ4n) is 1.73. The van der Waals surface area contributed by atoms with E-state index in [0.29, 0.717) is 6.61 Å². The molecule has 0 aliphatic carbocycles. The molecule has 0 radical (unpaired) electrons. The molecule has 0 spiro atoms. The Morgan fingerprint density at radius 1 is 1.23 bits per heavy atom. The Morgan fingerprint density at radius 2 is 2.00 bits per heavy atom. The first-order chi connectivity index (χ1) is 6.31. The molecule has 0 aromatic heterocycles. The number of hydrogen-bond acceptors (Lipinski definition) is 1. The monoisotopic (exact) mass is 196 g/mol. The van der Waals surface area contributed by atoms with Crippen molar-refractivity contribution < 1.29 is 4.74 Å². The van der Waals surface area contributed by atoms with Crippen LogP contribution in [0.5, 0.6) is 0 Å². The topological polar surface area (TPSA) is 9.23 Å². The van der Waals surface area contributed by atoms with E-state index in [0.717, 1.165) is 19.4 Å². The van der Waals surface area contributed by atoms with E-state index in [4.69, 9.17) is 16.3 Å². The van der Waals surface area contributed by atoms with Gasteiger partial charge in [0.15, 0.2) is 0 Å². The molecule has 0 unspecified atom stereocenters. The Bertz CT molecular complexity index is 265. The van der Waals surface area contributed by atoms with E-state index in [-0.39, 0.29) is 4.87 Å². The van der Waals surface area contributed by atoms with Crippen molar-refractivity contribution in [1.29, 1.82) is 0 Å². The Hall–Kier alpha value is -0.530. The highest BCUT2D eigenvalue weighted by atomic mass is 35.5. The minimum Gasteiger partial charge on any atom is -0.379 e. The lowest BCUT2D eigenvalue weighted by atomic mass is 9.93. The van der Waals surface area contributed by atoms with Crippen LogP contribution in [0.2, 0.25) is 0 Å². The van der Waals surface area contributed by atoms with Gasteiger partial charge in [-0.2, -0.15) is 0 Å². The standard InChI is InChI=1S/C11H13ClO/c12-11(7-4-8-13-9-11)10-5-2-1-3-6-10/h1-3,5-6H,4,7-9H2/t11-/m1/s1. The van der Waals surface area contributed by atoms with E-state index in [1.807, 2.05) is 18.2 Å². The molecule has 1 saturated heterocycles. The lowest BCUT2D eigenvalue weighted by Gasteiger charge is -2.31. The molecular weight excluding hydrogens is 184 g/mol. The van der Waals surface area contributed by atoms with Gasteiger partial charge in [-0.1, -0.05) is 30.3 Å². The smallest absolute Gasteiger partial charge is 0.0928 e. The maximum Gasteiger partial charge on any atom is 0.0928 e. The van der Waals surface area contributed by atoms with Crippen molar-refractivity contribution in [2.75, 3.05) is 13.2 Å². The molecule has 1 nitrogen and oxygen atoms in total. The van der Waals surface area contributed by atoms with Crippen LogP contribution in [0.25, 0.3) is 0 Å². The van der Waals surface area contributed by atoms with Gasteiger partial charge >= 0.3 is 0 Å². The van der Waals surface area contributed by atoms with Gasteiger partial charge in [-0.3, -0.25) is 0 Å². The SMILES string of the molecule is Cl[C@]1(c2ccccc2)CCCOC1. The van der Waals surface area contributed by atoms with Crippen LogP contribution in [-0.4, -0.2) is 13.2 Å². The number of benzene rings is 1. The summed E-state index contributed by atoms with van der Waals surface area (Å²) < 4.78 is 5.41. The molecule has 0 amide bonds. The van der Waals surface area contributed by atoms with Crippen molar-refractivity contribution in [2.24, 2.45) is 0 Å². The Labute approximate surface area is 83.7 Å². The molecular formula is C11H13ClO. The van der Waals surface area contributed by atoms with Gasteiger partial charge < -0.3 is 4.74 Å². The highest BCUT2D eigenvalue weighted by Crippen LogP contribution is 2.36. The van der Waals surface area contributed by atoms with Gasteiger partial charge in [0.2, 0.25) is 0 Å². The highest BCUT2D eigenvalue weighted by molar-refractivity contribution is 6.24. The molecule has 2 rings (SSSR count). The minimum atomic E-state index is -0.278. The van der Waals surface area contributed by atoms with Crippen LogP contribution in [0.1, 0.15) is 18.4 Å². The zero-order valence-corrected chi connectivity index (χ0v) is 8.26. The summed E-state index contributed by atoms with van der Waals surface area (Å²) in [5, 5.41) is 0. The second kappa shape index (κ2) is 3.69. The molecule has 1 aromatic rings. The van der Waals surface area contributed by atoms with Gasteiger partial charge in [-0.05, 0) is 18.4 Å². The quantitative estimate of drug-likeness (QED) is 0.628. The van der Waals surface area contributed by atoms with E-state index in [2.05, 4.69) is 12.1 Å². The van der Waals surface area contributed by atoms with Crippen LogP contribution in [0, 0.1) is 0 Å². The van der Waals surface area contributed by atoms with E-state index < -0.39 is 0 Å². The van der Waals surface area contributed by atoms with E-state index in [9.17, 15) is 0 Å². The maximum absolute atomic E-state index is 6.48. The number of ether oxygens (including phenoxy) is 1. The molecule has 1 aliphatic heterocycles. The number of hydrogen-bond donors (Lipinski definition) is 0. The van der Waals surface area contributed by atoms with Gasteiger partial charge in [-0.15, -0.1) is 11.6 Å². The molecule has 70 valence electrons. The third kappa shape index (κ3) is 1.87. The van der Waals surface area contributed by atoms with Gasteiger partial charge in [0.25, 0.3) is 0 Å². The third-order valence-corrected chi connectivity index (χ3v) is 3.00. The number of rotatable bonds is 1. The molecule has 1 aromatic carbocycles. The van der Waals surface area contributed by atoms with Crippen LogP contribution < -0.4 is 0 Å².